The molecular weight excluding hydrogens is 250 g/mol. The molecule has 2 aromatic carbocycles. The van der Waals surface area contributed by atoms with Crippen LogP contribution in [0.4, 0.5) is 5.69 Å². The van der Waals surface area contributed by atoms with Gasteiger partial charge in [-0.05, 0) is 42.2 Å². The first kappa shape index (κ1) is 14.1. The van der Waals surface area contributed by atoms with Crippen LogP contribution in [0.25, 0.3) is 11.1 Å². The average molecular weight is 269 g/mol. The predicted molar refractivity (Wildman–Crippen MR) is 81.2 cm³/mol. The van der Waals surface area contributed by atoms with Crippen LogP contribution >= 0.6 is 0 Å². The van der Waals surface area contributed by atoms with Gasteiger partial charge in [0.15, 0.2) is 0 Å². The van der Waals surface area contributed by atoms with E-state index in [9.17, 15) is 4.79 Å². The van der Waals surface area contributed by atoms with Crippen LogP contribution in [-0.4, -0.2) is 12.6 Å². The molecule has 2 N–H and O–H groups in total. The number of hydrogen-bond acceptors (Lipinski definition) is 3. The Balaban J connectivity index is 2.23. The molecule has 3 heteroatoms. The van der Waals surface area contributed by atoms with Crippen LogP contribution in [0.1, 0.15) is 18.9 Å². The number of carbonyl (C=O) groups excluding carboxylic acids is 1. The first-order valence-electron chi connectivity index (χ1n) is 6.80. The number of nitrogens with two attached hydrogens (primary N) is 1. The van der Waals surface area contributed by atoms with E-state index in [1.807, 2.05) is 55.5 Å². The van der Waals surface area contributed by atoms with Crippen molar-refractivity contribution in [1.82, 2.24) is 0 Å². The lowest BCUT2D eigenvalue weighted by atomic mass is 9.96. The van der Waals surface area contributed by atoms with E-state index in [2.05, 4.69) is 0 Å². The minimum absolute atomic E-state index is 0.164. The molecule has 0 unspecified atom stereocenters. The van der Waals surface area contributed by atoms with E-state index in [0.29, 0.717) is 19.4 Å². The van der Waals surface area contributed by atoms with Gasteiger partial charge in [0.2, 0.25) is 0 Å². The molecule has 0 amide bonds. The summed E-state index contributed by atoms with van der Waals surface area (Å²) in [5, 5.41) is 0. The van der Waals surface area contributed by atoms with Crippen molar-refractivity contribution in [3.05, 3.63) is 54.1 Å². The molecule has 3 nitrogen and oxygen atoms in total. The SMILES string of the molecule is CCOC(=O)CCc1ccc(N)cc1-c1ccccc1. The predicted octanol–water partition coefficient (Wildman–Crippen LogP) is 3.43. The third-order valence-electron chi connectivity index (χ3n) is 3.12. The number of rotatable bonds is 5. The number of benzene rings is 2. The summed E-state index contributed by atoms with van der Waals surface area (Å²) >= 11 is 0. The van der Waals surface area contributed by atoms with Gasteiger partial charge in [-0.3, -0.25) is 4.79 Å². The van der Waals surface area contributed by atoms with Crippen LogP contribution in [0.5, 0.6) is 0 Å². The number of hydrogen-bond donors (Lipinski definition) is 1. The van der Waals surface area contributed by atoms with Gasteiger partial charge >= 0.3 is 5.97 Å². The second-order valence-corrected chi connectivity index (χ2v) is 4.59. The number of anilines is 1. The largest absolute Gasteiger partial charge is 0.466 e. The number of esters is 1. The van der Waals surface area contributed by atoms with Gasteiger partial charge in [0.05, 0.1) is 6.61 Å². The Hall–Kier alpha value is -2.29. The van der Waals surface area contributed by atoms with Crippen LogP contribution in [0.15, 0.2) is 48.5 Å². The topological polar surface area (TPSA) is 52.3 Å². The van der Waals surface area contributed by atoms with Crippen molar-refractivity contribution in [3.63, 3.8) is 0 Å². The Morgan fingerprint density at radius 3 is 2.60 bits per heavy atom. The molecule has 20 heavy (non-hydrogen) atoms. The Bertz CT molecular complexity index is 579. The Kier molecular flexibility index (Phi) is 4.77. The van der Waals surface area contributed by atoms with Gasteiger partial charge in [0, 0.05) is 12.1 Å². The summed E-state index contributed by atoms with van der Waals surface area (Å²) in [6.07, 6.45) is 1.04. The van der Waals surface area contributed by atoms with E-state index in [0.717, 1.165) is 22.4 Å². The first-order valence-corrected chi connectivity index (χ1v) is 6.80. The highest BCUT2D eigenvalue weighted by molar-refractivity contribution is 5.73. The average Bonchev–Trinajstić information content (AvgIpc) is 2.47. The van der Waals surface area contributed by atoms with E-state index in [4.69, 9.17) is 10.5 Å². The van der Waals surface area contributed by atoms with E-state index < -0.39 is 0 Å². The van der Waals surface area contributed by atoms with E-state index >= 15 is 0 Å². The van der Waals surface area contributed by atoms with E-state index in [-0.39, 0.29) is 5.97 Å². The number of nitrogen functional groups attached to an aromatic ring is 1. The Morgan fingerprint density at radius 2 is 1.90 bits per heavy atom. The van der Waals surface area contributed by atoms with Crippen LogP contribution in [0, 0.1) is 0 Å². The Labute approximate surface area is 119 Å². The molecule has 2 rings (SSSR count). The second-order valence-electron chi connectivity index (χ2n) is 4.59. The van der Waals surface area contributed by atoms with Crippen LogP contribution in [0.2, 0.25) is 0 Å². The van der Waals surface area contributed by atoms with Gasteiger partial charge in [-0.2, -0.15) is 0 Å². The molecular formula is C17H19NO2. The van der Waals surface area contributed by atoms with Crippen molar-refractivity contribution < 1.29 is 9.53 Å². The maximum absolute atomic E-state index is 11.5. The van der Waals surface area contributed by atoms with Gasteiger partial charge in [0.1, 0.15) is 0 Å². The summed E-state index contributed by atoms with van der Waals surface area (Å²) < 4.78 is 4.97. The quantitative estimate of drug-likeness (QED) is 0.668. The highest BCUT2D eigenvalue weighted by Gasteiger charge is 2.08. The first-order chi connectivity index (χ1) is 9.70. The minimum Gasteiger partial charge on any atom is -0.466 e. The van der Waals surface area contributed by atoms with Gasteiger partial charge in [-0.15, -0.1) is 0 Å². The summed E-state index contributed by atoms with van der Waals surface area (Å²) in [6.45, 7) is 2.24. The van der Waals surface area contributed by atoms with Gasteiger partial charge in [-0.25, -0.2) is 0 Å². The molecule has 0 fully saturated rings. The normalized spacial score (nSPS) is 10.2. The fraction of sp³-hybridized carbons (Fsp3) is 0.235. The van der Waals surface area contributed by atoms with Crippen LogP contribution < -0.4 is 5.73 Å². The van der Waals surface area contributed by atoms with Crippen molar-refractivity contribution in [2.45, 2.75) is 19.8 Å². The zero-order valence-corrected chi connectivity index (χ0v) is 11.6. The third-order valence-corrected chi connectivity index (χ3v) is 3.12. The maximum atomic E-state index is 11.5. The van der Waals surface area contributed by atoms with E-state index in [1.165, 1.54) is 0 Å². The van der Waals surface area contributed by atoms with Crippen molar-refractivity contribution in [1.29, 1.82) is 0 Å². The Morgan fingerprint density at radius 1 is 1.15 bits per heavy atom. The number of ether oxygens (including phenoxy) is 1. The lowest BCUT2D eigenvalue weighted by Gasteiger charge is -2.11. The summed E-state index contributed by atoms with van der Waals surface area (Å²) in [6, 6.07) is 15.9. The third kappa shape index (κ3) is 3.60. The summed E-state index contributed by atoms with van der Waals surface area (Å²) in [4.78, 5) is 11.5. The summed E-state index contributed by atoms with van der Waals surface area (Å²) in [5.41, 5.74) is 9.90. The van der Waals surface area contributed by atoms with Crippen molar-refractivity contribution in [2.75, 3.05) is 12.3 Å². The standard InChI is InChI=1S/C17H19NO2/c1-2-20-17(19)11-9-14-8-10-15(18)12-16(14)13-6-4-3-5-7-13/h3-8,10,12H,2,9,11,18H2,1H3. The van der Waals surface area contributed by atoms with Crippen LogP contribution in [0.3, 0.4) is 0 Å². The van der Waals surface area contributed by atoms with Crippen molar-refractivity contribution in [2.24, 2.45) is 0 Å². The van der Waals surface area contributed by atoms with Crippen LogP contribution in [-0.2, 0) is 16.0 Å². The summed E-state index contributed by atoms with van der Waals surface area (Å²) in [5.74, 6) is -0.164. The fourth-order valence-corrected chi connectivity index (χ4v) is 2.17. The fourth-order valence-electron chi connectivity index (χ4n) is 2.17. The molecule has 0 aliphatic rings. The molecule has 0 aliphatic heterocycles. The summed E-state index contributed by atoms with van der Waals surface area (Å²) in [7, 11) is 0. The van der Waals surface area contributed by atoms with Gasteiger partial charge in [0.25, 0.3) is 0 Å². The molecule has 2 aromatic rings. The van der Waals surface area contributed by atoms with Gasteiger partial charge in [-0.1, -0.05) is 36.4 Å². The molecule has 0 aromatic heterocycles. The van der Waals surface area contributed by atoms with Crippen molar-refractivity contribution >= 4 is 11.7 Å². The molecule has 0 heterocycles. The van der Waals surface area contributed by atoms with E-state index in [1.54, 1.807) is 0 Å². The zero-order valence-electron chi connectivity index (χ0n) is 11.6. The number of carbonyl (C=O) groups is 1. The molecule has 0 spiro atoms. The zero-order chi connectivity index (χ0) is 14.4. The maximum Gasteiger partial charge on any atom is 0.306 e. The monoisotopic (exact) mass is 269 g/mol. The second kappa shape index (κ2) is 6.75. The van der Waals surface area contributed by atoms with Crippen molar-refractivity contribution in [3.8, 4) is 11.1 Å². The highest BCUT2D eigenvalue weighted by Crippen LogP contribution is 2.27. The molecule has 0 aliphatic carbocycles. The molecule has 0 bridgehead atoms. The van der Waals surface area contributed by atoms with Gasteiger partial charge < -0.3 is 10.5 Å². The molecule has 0 saturated heterocycles. The highest BCUT2D eigenvalue weighted by atomic mass is 16.5. The molecule has 0 atom stereocenters. The molecule has 104 valence electrons. The lowest BCUT2D eigenvalue weighted by Crippen LogP contribution is -2.05. The number of aryl methyl sites for hydroxylation is 1. The minimum atomic E-state index is -0.164. The molecule has 0 saturated carbocycles. The lowest BCUT2D eigenvalue weighted by molar-refractivity contribution is -0.143. The molecule has 0 radical (unpaired) electrons. The smallest absolute Gasteiger partial charge is 0.306 e.